The highest BCUT2D eigenvalue weighted by Gasteiger charge is 2.29. The molecule has 0 aliphatic carbocycles. The van der Waals surface area contributed by atoms with Crippen LogP contribution in [0.2, 0.25) is 0 Å². The van der Waals surface area contributed by atoms with E-state index in [-0.39, 0.29) is 17.8 Å². The lowest BCUT2D eigenvalue weighted by atomic mass is 9.80. The van der Waals surface area contributed by atoms with Crippen molar-refractivity contribution < 1.29 is 4.79 Å². The zero-order valence-corrected chi connectivity index (χ0v) is 13.3. The third kappa shape index (κ3) is 5.15. The molecule has 0 bridgehead atoms. The number of hydrogen-bond acceptors (Lipinski definition) is 2. The van der Waals surface area contributed by atoms with E-state index in [1.165, 1.54) is 0 Å². The van der Waals surface area contributed by atoms with Crippen molar-refractivity contribution in [2.24, 2.45) is 17.3 Å². The van der Waals surface area contributed by atoms with Gasteiger partial charge in [-0.1, -0.05) is 27.7 Å². The third-order valence-corrected chi connectivity index (χ3v) is 4.09. The third-order valence-electron chi connectivity index (χ3n) is 4.09. The number of rotatable bonds is 4. The molecule has 0 radical (unpaired) electrons. The van der Waals surface area contributed by atoms with Crippen LogP contribution in [0.25, 0.3) is 0 Å². The van der Waals surface area contributed by atoms with Crippen LogP contribution in [0.1, 0.15) is 40.5 Å². The van der Waals surface area contributed by atoms with Crippen molar-refractivity contribution in [1.82, 2.24) is 10.2 Å². The van der Waals surface area contributed by atoms with Gasteiger partial charge in [-0.05, 0) is 37.3 Å². The summed E-state index contributed by atoms with van der Waals surface area (Å²) in [6.07, 6.45) is 1.84. The Bertz CT molecular complexity index is 263. The van der Waals surface area contributed by atoms with E-state index in [0.717, 1.165) is 26.1 Å². The predicted octanol–water partition coefficient (Wildman–Crippen LogP) is 2.55. The number of carbonyl (C=O) groups excluding carboxylic acids is 1. The molecule has 0 saturated carbocycles. The fourth-order valence-corrected chi connectivity index (χ4v) is 2.21. The molecule has 1 N–H and O–H groups in total. The van der Waals surface area contributed by atoms with Crippen molar-refractivity contribution in [1.29, 1.82) is 0 Å². The Balaban J connectivity index is 0.00000289. The van der Waals surface area contributed by atoms with E-state index in [4.69, 9.17) is 0 Å². The first kappa shape index (κ1) is 17.7. The van der Waals surface area contributed by atoms with Crippen LogP contribution in [0.4, 0.5) is 0 Å². The van der Waals surface area contributed by atoms with Crippen molar-refractivity contribution in [2.75, 3.05) is 26.7 Å². The summed E-state index contributed by atoms with van der Waals surface area (Å²) >= 11 is 0. The van der Waals surface area contributed by atoms with Gasteiger partial charge in [0.15, 0.2) is 0 Å². The summed E-state index contributed by atoms with van der Waals surface area (Å²) in [7, 11) is 1.98. The van der Waals surface area contributed by atoms with E-state index in [0.29, 0.717) is 24.2 Å². The Hall–Kier alpha value is -0.280. The SMILES string of the molecule is CNCC1CCN(C(=O)CC(C)C(C)(C)C)C1.Cl. The van der Waals surface area contributed by atoms with Crippen LogP contribution < -0.4 is 5.32 Å². The summed E-state index contributed by atoms with van der Waals surface area (Å²) in [5.41, 5.74) is 0.222. The molecule has 0 aromatic heterocycles. The lowest BCUT2D eigenvalue weighted by molar-refractivity contribution is -0.132. The van der Waals surface area contributed by atoms with E-state index in [2.05, 4.69) is 33.0 Å². The molecule has 3 nitrogen and oxygen atoms in total. The number of amides is 1. The van der Waals surface area contributed by atoms with Gasteiger partial charge in [-0.2, -0.15) is 0 Å². The topological polar surface area (TPSA) is 32.3 Å². The number of likely N-dealkylation sites (tertiary alicyclic amines) is 1. The molecule has 1 heterocycles. The Kier molecular flexibility index (Phi) is 7.23. The van der Waals surface area contributed by atoms with Crippen LogP contribution in [0.15, 0.2) is 0 Å². The van der Waals surface area contributed by atoms with Crippen LogP contribution in [0.5, 0.6) is 0 Å². The van der Waals surface area contributed by atoms with Gasteiger partial charge in [-0.3, -0.25) is 4.79 Å². The Morgan fingerprint density at radius 1 is 1.44 bits per heavy atom. The van der Waals surface area contributed by atoms with E-state index >= 15 is 0 Å². The number of hydrogen-bond donors (Lipinski definition) is 1. The molecular formula is C14H29ClN2O. The number of nitrogens with one attached hydrogen (secondary N) is 1. The molecule has 18 heavy (non-hydrogen) atoms. The largest absolute Gasteiger partial charge is 0.342 e. The Morgan fingerprint density at radius 3 is 2.56 bits per heavy atom. The first-order valence-corrected chi connectivity index (χ1v) is 6.77. The van der Waals surface area contributed by atoms with Gasteiger partial charge in [0.05, 0.1) is 0 Å². The second kappa shape index (κ2) is 7.34. The molecule has 1 aliphatic rings. The predicted molar refractivity (Wildman–Crippen MR) is 79.1 cm³/mol. The maximum absolute atomic E-state index is 12.2. The average molecular weight is 277 g/mol. The van der Waals surface area contributed by atoms with Crippen molar-refractivity contribution >= 4 is 18.3 Å². The monoisotopic (exact) mass is 276 g/mol. The van der Waals surface area contributed by atoms with Gasteiger partial charge >= 0.3 is 0 Å². The number of halogens is 1. The van der Waals surface area contributed by atoms with E-state index in [9.17, 15) is 4.79 Å². The molecule has 1 fully saturated rings. The molecule has 1 rings (SSSR count). The highest BCUT2D eigenvalue weighted by atomic mass is 35.5. The molecule has 0 aromatic rings. The zero-order chi connectivity index (χ0) is 13.1. The van der Waals surface area contributed by atoms with Crippen LogP contribution in [0.3, 0.4) is 0 Å². The number of nitrogens with zero attached hydrogens (tertiary/aromatic N) is 1. The van der Waals surface area contributed by atoms with Gasteiger partial charge in [-0.15, -0.1) is 12.4 Å². The first-order valence-electron chi connectivity index (χ1n) is 6.77. The standard InChI is InChI=1S/C14H28N2O.ClH/c1-11(14(2,3)4)8-13(17)16-7-6-12(10-16)9-15-5;/h11-12,15H,6-10H2,1-5H3;1H. The van der Waals surface area contributed by atoms with Gasteiger partial charge in [0.1, 0.15) is 0 Å². The summed E-state index contributed by atoms with van der Waals surface area (Å²) in [6.45, 7) is 11.7. The molecule has 1 saturated heterocycles. The summed E-state index contributed by atoms with van der Waals surface area (Å²) in [4.78, 5) is 14.2. The molecule has 0 spiro atoms. The Morgan fingerprint density at radius 2 is 2.06 bits per heavy atom. The molecule has 0 aromatic carbocycles. The highest BCUT2D eigenvalue weighted by Crippen LogP contribution is 2.29. The lowest BCUT2D eigenvalue weighted by Crippen LogP contribution is -2.33. The fourth-order valence-electron chi connectivity index (χ4n) is 2.21. The highest BCUT2D eigenvalue weighted by molar-refractivity contribution is 5.85. The summed E-state index contributed by atoms with van der Waals surface area (Å²) in [5, 5.41) is 3.20. The summed E-state index contributed by atoms with van der Waals surface area (Å²) in [6, 6.07) is 0. The lowest BCUT2D eigenvalue weighted by Gasteiger charge is -2.28. The van der Waals surface area contributed by atoms with Crippen LogP contribution >= 0.6 is 12.4 Å². The normalized spacial score (nSPS) is 21.6. The minimum Gasteiger partial charge on any atom is -0.342 e. The molecule has 1 amide bonds. The Labute approximate surface area is 118 Å². The van der Waals surface area contributed by atoms with Crippen molar-refractivity contribution in [3.8, 4) is 0 Å². The summed E-state index contributed by atoms with van der Waals surface area (Å²) in [5.74, 6) is 1.43. The molecular weight excluding hydrogens is 248 g/mol. The zero-order valence-electron chi connectivity index (χ0n) is 12.5. The van der Waals surface area contributed by atoms with Crippen LogP contribution in [-0.2, 0) is 4.79 Å². The smallest absolute Gasteiger partial charge is 0.222 e. The van der Waals surface area contributed by atoms with Gasteiger partial charge in [0.25, 0.3) is 0 Å². The molecule has 2 unspecified atom stereocenters. The van der Waals surface area contributed by atoms with Crippen LogP contribution in [0, 0.1) is 17.3 Å². The first-order chi connectivity index (χ1) is 7.84. The van der Waals surface area contributed by atoms with Gasteiger partial charge in [0.2, 0.25) is 5.91 Å². The second-order valence-electron chi connectivity index (χ2n) is 6.52. The van der Waals surface area contributed by atoms with Gasteiger partial charge in [0, 0.05) is 19.5 Å². The fraction of sp³-hybridized carbons (Fsp3) is 0.929. The van der Waals surface area contributed by atoms with E-state index in [1.54, 1.807) is 0 Å². The molecule has 1 aliphatic heterocycles. The quantitative estimate of drug-likeness (QED) is 0.856. The minimum atomic E-state index is 0. The maximum atomic E-state index is 12.2. The van der Waals surface area contributed by atoms with Crippen molar-refractivity contribution in [2.45, 2.75) is 40.5 Å². The van der Waals surface area contributed by atoms with E-state index in [1.807, 2.05) is 11.9 Å². The van der Waals surface area contributed by atoms with Gasteiger partial charge in [-0.25, -0.2) is 0 Å². The van der Waals surface area contributed by atoms with E-state index < -0.39 is 0 Å². The van der Waals surface area contributed by atoms with Gasteiger partial charge < -0.3 is 10.2 Å². The maximum Gasteiger partial charge on any atom is 0.222 e. The average Bonchev–Trinajstić information content (AvgIpc) is 2.65. The van der Waals surface area contributed by atoms with Crippen molar-refractivity contribution in [3.05, 3.63) is 0 Å². The molecule has 4 heteroatoms. The second-order valence-corrected chi connectivity index (χ2v) is 6.52. The molecule has 2 atom stereocenters. The number of carbonyl (C=O) groups is 1. The van der Waals surface area contributed by atoms with Crippen molar-refractivity contribution in [3.63, 3.8) is 0 Å². The molecule has 108 valence electrons. The van der Waals surface area contributed by atoms with Crippen LogP contribution in [-0.4, -0.2) is 37.5 Å². The summed E-state index contributed by atoms with van der Waals surface area (Å²) < 4.78 is 0. The minimum absolute atomic E-state index is 0.